The summed E-state index contributed by atoms with van der Waals surface area (Å²) >= 11 is 1.63. The van der Waals surface area contributed by atoms with Gasteiger partial charge < -0.3 is 0 Å². The molecule has 0 amide bonds. The van der Waals surface area contributed by atoms with Crippen molar-refractivity contribution < 1.29 is 4.79 Å². The molecule has 1 nitrogen and oxygen atoms in total. The molecule has 13 heavy (non-hydrogen) atoms. The van der Waals surface area contributed by atoms with Gasteiger partial charge in [0.2, 0.25) is 0 Å². The van der Waals surface area contributed by atoms with Gasteiger partial charge in [0.05, 0.1) is 0 Å². The van der Waals surface area contributed by atoms with Crippen LogP contribution in [0.1, 0.15) is 24.1 Å². The van der Waals surface area contributed by atoms with Crippen LogP contribution in [-0.4, -0.2) is 5.78 Å². The minimum Gasteiger partial charge on any atom is -0.299 e. The first-order chi connectivity index (χ1) is 6.33. The monoisotopic (exact) mass is 192 g/mol. The van der Waals surface area contributed by atoms with Gasteiger partial charge in [0.25, 0.3) is 0 Å². The van der Waals surface area contributed by atoms with E-state index in [0.717, 1.165) is 11.3 Å². The van der Waals surface area contributed by atoms with Crippen LogP contribution in [0.15, 0.2) is 17.5 Å². The Bertz CT molecular complexity index is 292. The molecule has 0 atom stereocenters. The fraction of sp³-hybridized carbons (Fsp3) is 0.364. The Hall–Kier alpha value is -1.07. The van der Waals surface area contributed by atoms with Crippen molar-refractivity contribution >= 4 is 17.1 Å². The average molecular weight is 192 g/mol. The summed E-state index contributed by atoms with van der Waals surface area (Å²) in [7, 11) is 0. The number of carbonyl (C=O) groups excluding carboxylic acids is 1. The third kappa shape index (κ3) is 3.91. The van der Waals surface area contributed by atoms with Crippen molar-refractivity contribution in [2.75, 3.05) is 0 Å². The molecule has 0 radical (unpaired) electrons. The summed E-state index contributed by atoms with van der Waals surface area (Å²) in [5.74, 6) is 2.82. The Balaban J connectivity index is 2.23. The van der Waals surface area contributed by atoms with Crippen LogP contribution >= 0.6 is 11.3 Å². The van der Waals surface area contributed by atoms with E-state index in [2.05, 4.69) is 5.92 Å². The fourth-order valence-corrected chi connectivity index (χ4v) is 1.82. The van der Waals surface area contributed by atoms with E-state index >= 15 is 0 Å². The number of rotatable bonds is 5. The van der Waals surface area contributed by atoms with Gasteiger partial charge in [-0.15, -0.1) is 23.7 Å². The largest absolute Gasteiger partial charge is 0.299 e. The smallest absolute Gasteiger partial charge is 0.138 e. The quantitative estimate of drug-likeness (QED) is 0.518. The number of terminal acetylenes is 1. The minimum atomic E-state index is 0.290. The molecular formula is C11H12OS. The topological polar surface area (TPSA) is 17.1 Å². The Morgan fingerprint density at radius 1 is 1.62 bits per heavy atom. The molecule has 0 N–H and O–H groups in total. The molecule has 0 aliphatic rings. The third-order valence-corrected chi connectivity index (χ3v) is 2.60. The molecule has 0 aliphatic carbocycles. The molecule has 0 fully saturated rings. The molecule has 68 valence electrons. The maximum absolute atomic E-state index is 11.3. The van der Waals surface area contributed by atoms with Crippen molar-refractivity contribution in [1.29, 1.82) is 0 Å². The Kier molecular flexibility index (Phi) is 4.28. The van der Waals surface area contributed by atoms with E-state index in [4.69, 9.17) is 6.42 Å². The maximum Gasteiger partial charge on any atom is 0.138 e. The van der Waals surface area contributed by atoms with Crippen LogP contribution in [0.4, 0.5) is 0 Å². The summed E-state index contributed by atoms with van der Waals surface area (Å²) in [6.07, 6.45) is 7.80. The number of hydrogen-bond acceptors (Lipinski definition) is 2. The molecule has 1 aromatic rings. The molecule has 0 bridgehead atoms. The number of carbonyl (C=O) groups is 1. The van der Waals surface area contributed by atoms with Crippen LogP contribution in [-0.2, 0) is 11.2 Å². The average Bonchev–Trinajstić information content (AvgIpc) is 2.57. The molecule has 0 spiro atoms. The van der Waals surface area contributed by atoms with Crippen molar-refractivity contribution in [2.45, 2.75) is 25.7 Å². The Morgan fingerprint density at radius 2 is 2.46 bits per heavy atom. The molecule has 0 aliphatic heterocycles. The van der Waals surface area contributed by atoms with Gasteiger partial charge in [-0.25, -0.2) is 0 Å². The lowest BCUT2D eigenvalue weighted by Gasteiger charge is -1.95. The number of hydrogen-bond donors (Lipinski definition) is 0. The molecule has 0 unspecified atom stereocenters. The van der Waals surface area contributed by atoms with Gasteiger partial charge in [0.15, 0.2) is 0 Å². The van der Waals surface area contributed by atoms with Gasteiger partial charge in [-0.05, 0) is 17.9 Å². The van der Waals surface area contributed by atoms with E-state index in [1.54, 1.807) is 11.3 Å². The zero-order valence-electron chi connectivity index (χ0n) is 7.45. The highest BCUT2D eigenvalue weighted by molar-refractivity contribution is 7.10. The number of thiophene rings is 1. The lowest BCUT2D eigenvalue weighted by Crippen LogP contribution is -2.00. The highest BCUT2D eigenvalue weighted by Crippen LogP contribution is 2.11. The first kappa shape index (κ1) is 10.0. The zero-order valence-corrected chi connectivity index (χ0v) is 8.27. The molecule has 2 heteroatoms. The van der Waals surface area contributed by atoms with Crippen molar-refractivity contribution in [3.05, 3.63) is 22.4 Å². The molecule has 0 saturated heterocycles. The van der Waals surface area contributed by atoms with Gasteiger partial charge in [-0.3, -0.25) is 4.79 Å². The highest BCUT2D eigenvalue weighted by atomic mass is 32.1. The summed E-state index contributed by atoms with van der Waals surface area (Å²) in [6.45, 7) is 0. The van der Waals surface area contributed by atoms with E-state index < -0.39 is 0 Å². The van der Waals surface area contributed by atoms with Crippen LogP contribution in [0.2, 0.25) is 0 Å². The van der Waals surface area contributed by atoms with Gasteiger partial charge in [0.1, 0.15) is 5.78 Å². The maximum atomic E-state index is 11.3. The Labute approximate surface area is 82.8 Å². The van der Waals surface area contributed by atoms with Crippen molar-refractivity contribution in [3.8, 4) is 12.3 Å². The van der Waals surface area contributed by atoms with Gasteiger partial charge in [0, 0.05) is 24.1 Å². The van der Waals surface area contributed by atoms with Crippen LogP contribution < -0.4 is 0 Å². The van der Waals surface area contributed by atoms with Crippen LogP contribution in [0.25, 0.3) is 0 Å². The van der Waals surface area contributed by atoms with Crippen molar-refractivity contribution in [1.82, 2.24) is 0 Å². The molecule has 0 saturated carbocycles. The van der Waals surface area contributed by atoms with E-state index in [0.29, 0.717) is 19.3 Å². The van der Waals surface area contributed by atoms with E-state index in [9.17, 15) is 4.79 Å². The third-order valence-electron chi connectivity index (χ3n) is 1.73. The van der Waals surface area contributed by atoms with E-state index in [1.165, 1.54) is 0 Å². The summed E-state index contributed by atoms with van der Waals surface area (Å²) < 4.78 is 0. The lowest BCUT2D eigenvalue weighted by atomic mass is 10.1. The predicted octanol–water partition coefficient (Wildman–Crippen LogP) is 2.66. The molecule has 1 heterocycles. The first-order valence-electron chi connectivity index (χ1n) is 4.30. The van der Waals surface area contributed by atoms with Crippen LogP contribution in [0.5, 0.6) is 0 Å². The normalized spacial score (nSPS) is 9.46. The van der Waals surface area contributed by atoms with E-state index in [-0.39, 0.29) is 5.78 Å². The standard InChI is InChI=1S/C11H12OS/c1-2-3-4-6-10(12)9-11-7-5-8-13-11/h1,5,7-8H,3-4,6,9H2. The van der Waals surface area contributed by atoms with Gasteiger partial charge in [-0.2, -0.15) is 0 Å². The first-order valence-corrected chi connectivity index (χ1v) is 5.18. The highest BCUT2D eigenvalue weighted by Gasteiger charge is 2.03. The van der Waals surface area contributed by atoms with Gasteiger partial charge >= 0.3 is 0 Å². The van der Waals surface area contributed by atoms with Crippen LogP contribution in [0.3, 0.4) is 0 Å². The predicted molar refractivity (Wildman–Crippen MR) is 55.7 cm³/mol. The minimum absolute atomic E-state index is 0.290. The van der Waals surface area contributed by atoms with Crippen molar-refractivity contribution in [2.24, 2.45) is 0 Å². The second-order valence-corrected chi connectivity index (χ2v) is 3.88. The molecule has 1 aromatic heterocycles. The number of unbranched alkanes of at least 4 members (excludes halogenated alkanes) is 1. The second kappa shape index (κ2) is 5.55. The van der Waals surface area contributed by atoms with Crippen LogP contribution in [0, 0.1) is 12.3 Å². The Morgan fingerprint density at radius 3 is 3.08 bits per heavy atom. The molecule has 0 aromatic carbocycles. The van der Waals surface area contributed by atoms with E-state index in [1.807, 2.05) is 17.5 Å². The SMILES string of the molecule is C#CCCCC(=O)Cc1cccs1. The summed E-state index contributed by atoms with van der Waals surface area (Å²) in [5, 5.41) is 1.99. The fourth-order valence-electron chi connectivity index (χ4n) is 1.08. The molecule has 1 rings (SSSR count). The van der Waals surface area contributed by atoms with Crippen molar-refractivity contribution in [3.63, 3.8) is 0 Å². The lowest BCUT2D eigenvalue weighted by molar-refractivity contribution is -0.118. The molecular weight excluding hydrogens is 180 g/mol. The summed E-state index contributed by atoms with van der Waals surface area (Å²) in [5.41, 5.74) is 0. The zero-order chi connectivity index (χ0) is 9.52. The number of ketones is 1. The summed E-state index contributed by atoms with van der Waals surface area (Å²) in [4.78, 5) is 12.5. The second-order valence-electron chi connectivity index (χ2n) is 2.85. The summed E-state index contributed by atoms with van der Waals surface area (Å²) in [6, 6.07) is 3.96. The van der Waals surface area contributed by atoms with Gasteiger partial charge in [-0.1, -0.05) is 6.07 Å². The number of Topliss-reactive ketones (excluding diaryl/α,β-unsaturated/α-hetero) is 1.